The molecule has 6 nitrogen and oxygen atoms in total. The quantitative estimate of drug-likeness (QED) is 0.453. The first-order valence-electron chi connectivity index (χ1n) is 13.0. The molecule has 3 aliphatic rings. The van der Waals surface area contributed by atoms with Gasteiger partial charge in [-0.15, -0.1) is 0 Å². The highest BCUT2D eigenvalue weighted by atomic mass is 16.6. The van der Waals surface area contributed by atoms with Gasteiger partial charge in [-0.3, -0.25) is 4.79 Å². The summed E-state index contributed by atoms with van der Waals surface area (Å²) in [5.41, 5.74) is 1.21. The molecule has 0 aromatic heterocycles. The number of ether oxygens (including phenoxy) is 2. The minimum atomic E-state index is -0.787. The number of aliphatic hydroxyl groups excluding tert-OH is 1. The van der Waals surface area contributed by atoms with E-state index in [9.17, 15) is 9.90 Å². The predicted molar refractivity (Wildman–Crippen MR) is 130 cm³/mol. The molecule has 0 radical (unpaired) electrons. The molecule has 1 saturated carbocycles. The Kier molecular flexibility index (Phi) is 8.18. The number of carbonyl (C=O) groups excluding carboxylic acids is 1. The van der Waals surface area contributed by atoms with Crippen LogP contribution < -0.4 is 14.8 Å². The molecule has 0 unspecified atom stereocenters. The molecular weight excluding hydrogens is 416 g/mol. The van der Waals surface area contributed by atoms with Crippen molar-refractivity contribution in [2.45, 2.75) is 83.8 Å². The molecule has 2 N–H and O–H groups in total. The number of carbonyl (C=O) groups is 1. The molecule has 1 aromatic rings. The molecule has 33 heavy (non-hydrogen) atoms. The number of aliphatic hydroxyl groups is 1. The molecule has 4 rings (SSSR count). The lowest BCUT2D eigenvalue weighted by atomic mass is 9.82. The molecule has 2 heterocycles. The van der Waals surface area contributed by atoms with Crippen LogP contribution in [0.5, 0.6) is 11.5 Å². The normalized spacial score (nSPS) is 20.5. The summed E-state index contributed by atoms with van der Waals surface area (Å²) in [7, 11) is 0. The number of nitrogens with one attached hydrogen (secondary N) is 1. The molecule has 0 bridgehead atoms. The maximum atomic E-state index is 12.8. The second-order valence-electron chi connectivity index (χ2n) is 10.9. The second-order valence-corrected chi connectivity index (χ2v) is 10.9. The number of nitrogens with zero attached hydrogens (tertiary/aromatic N) is 1. The van der Waals surface area contributed by atoms with Gasteiger partial charge in [0.2, 0.25) is 5.91 Å². The highest BCUT2D eigenvalue weighted by Crippen LogP contribution is 2.48. The Morgan fingerprint density at radius 3 is 2.58 bits per heavy atom. The summed E-state index contributed by atoms with van der Waals surface area (Å²) in [4.78, 5) is 15.1. The smallest absolute Gasteiger partial charge is 0.220 e. The zero-order chi connectivity index (χ0) is 23.3. The van der Waals surface area contributed by atoms with E-state index in [2.05, 4.69) is 24.1 Å². The van der Waals surface area contributed by atoms with Crippen LogP contribution in [0.2, 0.25) is 0 Å². The van der Waals surface area contributed by atoms with Gasteiger partial charge in [0.1, 0.15) is 19.3 Å². The number of likely N-dealkylation sites (tertiary alicyclic amines) is 1. The van der Waals surface area contributed by atoms with Crippen molar-refractivity contribution in [2.24, 2.45) is 11.3 Å². The summed E-state index contributed by atoms with van der Waals surface area (Å²) in [6, 6.07) is 5.24. The van der Waals surface area contributed by atoms with E-state index in [0.29, 0.717) is 43.1 Å². The van der Waals surface area contributed by atoms with Crippen molar-refractivity contribution in [2.75, 3.05) is 32.8 Å². The van der Waals surface area contributed by atoms with Crippen LogP contribution in [0.25, 0.3) is 0 Å². The number of amides is 1. The van der Waals surface area contributed by atoms with Gasteiger partial charge in [-0.25, -0.2) is 0 Å². The van der Waals surface area contributed by atoms with Gasteiger partial charge < -0.3 is 24.8 Å². The van der Waals surface area contributed by atoms with Gasteiger partial charge in [0.25, 0.3) is 0 Å². The van der Waals surface area contributed by atoms with Crippen LogP contribution in [0.3, 0.4) is 0 Å². The molecule has 1 saturated heterocycles. The van der Waals surface area contributed by atoms with Gasteiger partial charge in [0, 0.05) is 13.0 Å². The fourth-order valence-corrected chi connectivity index (χ4v) is 5.33. The first-order chi connectivity index (χ1) is 15.9. The third-order valence-corrected chi connectivity index (χ3v) is 7.70. The van der Waals surface area contributed by atoms with Crippen LogP contribution in [0.15, 0.2) is 18.2 Å². The molecule has 184 valence electrons. The van der Waals surface area contributed by atoms with Crippen molar-refractivity contribution in [3.05, 3.63) is 23.8 Å². The fraction of sp³-hybridized carbons (Fsp3) is 0.741. The van der Waals surface area contributed by atoms with Gasteiger partial charge in [0.05, 0.1) is 6.04 Å². The number of fused-ring (bicyclic) bond motifs is 1. The number of hydrogen-bond acceptors (Lipinski definition) is 5. The number of benzene rings is 1. The molecule has 2 aliphatic heterocycles. The van der Waals surface area contributed by atoms with E-state index in [0.717, 1.165) is 37.4 Å². The van der Waals surface area contributed by atoms with E-state index >= 15 is 0 Å². The average Bonchev–Trinajstić information content (AvgIpc) is 3.56. The summed E-state index contributed by atoms with van der Waals surface area (Å²) in [5, 5.41) is 14.4. The molecular formula is C27H42N2O4. The van der Waals surface area contributed by atoms with Gasteiger partial charge in [-0.2, -0.15) is 0 Å². The third-order valence-electron chi connectivity index (χ3n) is 7.70. The van der Waals surface area contributed by atoms with Crippen molar-refractivity contribution in [1.29, 1.82) is 0 Å². The zero-order valence-electron chi connectivity index (χ0n) is 20.5. The minimum Gasteiger partial charge on any atom is -0.486 e. The number of hydrogen-bond donors (Lipinski definition) is 2. The van der Waals surface area contributed by atoms with Crippen LogP contribution in [0.1, 0.15) is 83.3 Å². The lowest BCUT2D eigenvalue weighted by Crippen LogP contribution is -2.46. The molecule has 1 amide bonds. The molecule has 2 fully saturated rings. The molecule has 6 heteroatoms. The summed E-state index contributed by atoms with van der Waals surface area (Å²) in [5.74, 6) is 2.33. The maximum Gasteiger partial charge on any atom is 0.220 e. The van der Waals surface area contributed by atoms with Crippen molar-refractivity contribution in [3.63, 3.8) is 0 Å². The average molecular weight is 459 g/mol. The van der Waals surface area contributed by atoms with Crippen LogP contribution in [-0.4, -0.2) is 54.8 Å². The minimum absolute atomic E-state index is 0.0391. The van der Waals surface area contributed by atoms with Crippen LogP contribution in [0.4, 0.5) is 0 Å². The SMILES string of the molecule is CC(C)(CCCCCC(=O)N[C@H](CN1CCCC1)[C@H](O)c1ccc2c(c1)OCCO2)C1CC1. The molecule has 1 aliphatic carbocycles. The molecule has 2 atom stereocenters. The standard InChI is InChI=1S/C27H42N2O4/c1-27(2,21-10-11-21)13-5-3-4-8-25(30)28-22(19-29-14-6-7-15-29)26(31)20-9-12-23-24(18-20)33-17-16-32-23/h9,12,18,21-22,26,31H,3-8,10-11,13-17,19H2,1-2H3,(H,28,30)/t22-,26-/m1/s1. The number of rotatable bonds is 12. The zero-order valence-corrected chi connectivity index (χ0v) is 20.5. The summed E-state index contributed by atoms with van der Waals surface area (Å²) in [6.45, 7) is 8.54. The Morgan fingerprint density at radius 1 is 1.12 bits per heavy atom. The van der Waals surface area contributed by atoms with Gasteiger partial charge in [-0.05, 0) is 80.6 Å². The molecule has 1 aromatic carbocycles. The Balaban J connectivity index is 1.29. The van der Waals surface area contributed by atoms with Crippen LogP contribution in [-0.2, 0) is 4.79 Å². The van der Waals surface area contributed by atoms with Gasteiger partial charge in [0.15, 0.2) is 11.5 Å². The first-order valence-corrected chi connectivity index (χ1v) is 13.0. The van der Waals surface area contributed by atoms with E-state index in [4.69, 9.17) is 9.47 Å². The van der Waals surface area contributed by atoms with Crippen molar-refractivity contribution >= 4 is 5.91 Å². The maximum absolute atomic E-state index is 12.8. The van der Waals surface area contributed by atoms with Crippen LogP contribution >= 0.6 is 0 Å². The fourth-order valence-electron chi connectivity index (χ4n) is 5.33. The summed E-state index contributed by atoms with van der Waals surface area (Å²) >= 11 is 0. The van der Waals surface area contributed by atoms with E-state index < -0.39 is 6.10 Å². The van der Waals surface area contributed by atoms with Crippen molar-refractivity contribution in [1.82, 2.24) is 10.2 Å². The highest BCUT2D eigenvalue weighted by molar-refractivity contribution is 5.76. The third kappa shape index (κ3) is 6.86. The van der Waals surface area contributed by atoms with E-state index in [-0.39, 0.29) is 11.9 Å². The Bertz CT molecular complexity index is 786. The topological polar surface area (TPSA) is 71.0 Å². The van der Waals surface area contributed by atoms with Crippen molar-refractivity contribution in [3.8, 4) is 11.5 Å². The number of unbranched alkanes of at least 4 members (excludes halogenated alkanes) is 2. The Labute approximate surface area is 199 Å². The molecule has 0 spiro atoms. The van der Waals surface area contributed by atoms with Crippen LogP contribution in [0, 0.1) is 11.3 Å². The second kappa shape index (κ2) is 11.1. The predicted octanol–water partition coefficient (Wildman–Crippen LogP) is 4.46. The summed E-state index contributed by atoms with van der Waals surface area (Å²) < 4.78 is 11.3. The first kappa shape index (κ1) is 24.3. The van der Waals surface area contributed by atoms with Crippen molar-refractivity contribution < 1.29 is 19.4 Å². The Hall–Kier alpha value is -1.79. The van der Waals surface area contributed by atoms with E-state index in [1.54, 1.807) is 0 Å². The Morgan fingerprint density at radius 2 is 1.85 bits per heavy atom. The van der Waals surface area contributed by atoms with Gasteiger partial charge >= 0.3 is 0 Å². The lowest BCUT2D eigenvalue weighted by molar-refractivity contribution is -0.123. The largest absolute Gasteiger partial charge is 0.486 e. The van der Waals surface area contributed by atoms with E-state index in [1.165, 1.54) is 38.5 Å². The summed E-state index contributed by atoms with van der Waals surface area (Å²) in [6.07, 6.45) is 9.30. The lowest BCUT2D eigenvalue weighted by Gasteiger charge is -2.29. The van der Waals surface area contributed by atoms with Gasteiger partial charge in [-0.1, -0.05) is 32.8 Å². The highest BCUT2D eigenvalue weighted by Gasteiger charge is 2.36. The van der Waals surface area contributed by atoms with E-state index in [1.807, 2.05) is 18.2 Å². The monoisotopic (exact) mass is 458 g/mol.